The van der Waals surface area contributed by atoms with Gasteiger partial charge >= 0.3 is 18.2 Å². The first-order valence-corrected chi connectivity index (χ1v) is 20.2. The summed E-state index contributed by atoms with van der Waals surface area (Å²) in [6, 6.07) is 9.54. The molecule has 300 valence electrons. The van der Waals surface area contributed by atoms with Crippen molar-refractivity contribution < 1.29 is 51.8 Å². The Balaban J connectivity index is 1.26. The summed E-state index contributed by atoms with van der Waals surface area (Å²) in [5, 5.41) is 14.6. The van der Waals surface area contributed by atoms with Crippen molar-refractivity contribution in [3.63, 3.8) is 0 Å². The van der Waals surface area contributed by atoms with Crippen LogP contribution < -0.4 is 15.4 Å². The van der Waals surface area contributed by atoms with Crippen LogP contribution in [0.4, 0.5) is 9.59 Å². The third kappa shape index (κ3) is 9.15. The molecule has 1 saturated carbocycles. The number of hydrogen-bond acceptors (Lipinski definition) is 10. The number of nitrogens with one attached hydrogen (secondary N) is 3. The molecule has 0 bridgehead atoms. The molecule has 4 N–H and O–H groups in total. The molecule has 5 atom stereocenters. The monoisotopic (exact) mass is 793 g/mol. The lowest BCUT2D eigenvalue weighted by molar-refractivity contribution is -0.141. The van der Waals surface area contributed by atoms with Crippen LogP contribution >= 0.6 is 0 Å². The van der Waals surface area contributed by atoms with Crippen molar-refractivity contribution in [1.82, 2.24) is 25.2 Å². The Morgan fingerprint density at radius 3 is 2.29 bits per heavy atom. The molecule has 0 aromatic heterocycles. The molecule has 4 aliphatic rings. The number of allylic oxidation sites excluding steroid dienone is 1. The van der Waals surface area contributed by atoms with Gasteiger partial charge in [0.2, 0.25) is 11.8 Å². The average Bonchev–Trinajstić information content (AvgIpc) is 3.42. The number of hydrogen-bond donors (Lipinski definition) is 4. The first-order valence-electron chi connectivity index (χ1n) is 18.7. The number of fused-ring (bicyclic) bond motifs is 3. The number of amides is 5. The Hall–Kier alpha value is -5.45. The molecular weight excluding hydrogens is 747 g/mol. The van der Waals surface area contributed by atoms with Gasteiger partial charge in [0.1, 0.15) is 29.3 Å². The SMILES string of the molecule is CC(C)(C)OC(=O)N[C@H]1CCCCC/C=C/[C@@H]2C[C@@]2(C(=O)NS(=O)(=O)c2ccc(C(=O)O)cc2)NC(=O)[C@@H]2C[C@@H](OC(=O)N3Cc4ccccc4C3)CN2C1=O. The third-order valence-electron chi connectivity index (χ3n) is 10.3. The van der Waals surface area contributed by atoms with Crippen LogP contribution in [0.5, 0.6) is 0 Å². The van der Waals surface area contributed by atoms with Crippen molar-refractivity contribution in [2.24, 2.45) is 5.92 Å². The Labute approximate surface area is 325 Å². The van der Waals surface area contributed by atoms with E-state index in [1.165, 1.54) is 9.80 Å². The number of nitrogens with zero attached hydrogens (tertiary/aromatic N) is 2. The fourth-order valence-electron chi connectivity index (χ4n) is 7.34. The van der Waals surface area contributed by atoms with E-state index in [4.69, 9.17) is 9.47 Å². The second-order valence-electron chi connectivity index (χ2n) is 15.7. The summed E-state index contributed by atoms with van der Waals surface area (Å²) in [6.45, 7) is 5.54. The van der Waals surface area contributed by atoms with Crippen LogP contribution in [0, 0.1) is 5.92 Å². The summed E-state index contributed by atoms with van der Waals surface area (Å²) in [5.41, 5.74) is -0.755. The van der Waals surface area contributed by atoms with E-state index in [9.17, 15) is 42.3 Å². The predicted octanol–water partition coefficient (Wildman–Crippen LogP) is 3.60. The number of carbonyl (C=O) groups excluding carboxylic acids is 5. The van der Waals surface area contributed by atoms with Gasteiger partial charge in [0.15, 0.2) is 0 Å². The highest BCUT2D eigenvalue weighted by atomic mass is 32.2. The van der Waals surface area contributed by atoms with E-state index in [0.29, 0.717) is 38.8 Å². The van der Waals surface area contributed by atoms with E-state index in [-0.39, 0.29) is 36.3 Å². The molecule has 5 amide bonds. The fourth-order valence-corrected chi connectivity index (χ4v) is 8.38. The molecular formula is C39H47N5O11S. The highest BCUT2D eigenvalue weighted by Crippen LogP contribution is 2.46. The highest BCUT2D eigenvalue weighted by Gasteiger charge is 2.61. The standard InChI is InChI=1S/C39H47N5O11S/c1-38(2,3)55-36(50)40-30-14-8-6-4-5-7-13-27-20-39(27,35(49)42-56(52,53)29-17-15-24(16-18-29)34(47)48)41-32(45)31-19-28(23-44(31)33(30)46)54-37(51)43-21-25-11-9-10-12-26(25)22-43/h7,9-13,15-18,27-28,30-31H,4-6,8,14,19-23H2,1-3H3,(H,40,50)(H,41,45)(H,42,49)(H,47,48)/b13-7+/t27-,28-,30+,31+,39-/m1/s1. The van der Waals surface area contributed by atoms with Crippen molar-refractivity contribution in [2.45, 2.75) is 113 Å². The van der Waals surface area contributed by atoms with Gasteiger partial charge in [0.05, 0.1) is 17.0 Å². The number of sulfonamides is 1. The normalized spacial score (nSPS) is 25.9. The van der Waals surface area contributed by atoms with Gasteiger partial charge < -0.3 is 30.1 Å². The molecule has 2 fully saturated rings. The third-order valence-corrected chi connectivity index (χ3v) is 11.7. The maximum atomic E-state index is 14.4. The lowest BCUT2D eigenvalue weighted by Crippen LogP contribution is -2.58. The first kappa shape index (κ1) is 40.2. The summed E-state index contributed by atoms with van der Waals surface area (Å²) >= 11 is 0. The van der Waals surface area contributed by atoms with Crippen molar-refractivity contribution in [2.75, 3.05) is 6.54 Å². The van der Waals surface area contributed by atoms with Crippen LogP contribution in [-0.2, 0) is 47.0 Å². The molecule has 16 nitrogen and oxygen atoms in total. The lowest BCUT2D eigenvalue weighted by atomic mass is 10.0. The van der Waals surface area contributed by atoms with Crippen LogP contribution in [-0.4, -0.2) is 95.1 Å². The molecule has 0 unspecified atom stereocenters. The van der Waals surface area contributed by atoms with E-state index in [0.717, 1.165) is 35.4 Å². The maximum absolute atomic E-state index is 14.4. The van der Waals surface area contributed by atoms with E-state index >= 15 is 0 Å². The summed E-state index contributed by atoms with van der Waals surface area (Å²) < 4.78 is 40.0. The molecule has 6 rings (SSSR count). The number of aromatic carboxylic acids is 1. The van der Waals surface area contributed by atoms with Crippen molar-refractivity contribution in [1.29, 1.82) is 0 Å². The molecule has 1 saturated heterocycles. The van der Waals surface area contributed by atoms with Crippen LogP contribution in [0.2, 0.25) is 0 Å². The minimum Gasteiger partial charge on any atom is -0.478 e. The number of ether oxygens (including phenoxy) is 2. The minimum absolute atomic E-state index is 0.0615. The number of carboxylic acids is 1. The summed E-state index contributed by atoms with van der Waals surface area (Å²) in [5.74, 6) is -4.23. The van der Waals surface area contributed by atoms with Crippen LogP contribution in [0.25, 0.3) is 0 Å². The van der Waals surface area contributed by atoms with Crippen LogP contribution in [0.15, 0.2) is 65.6 Å². The smallest absolute Gasteiger partial charge is 0.410 e. The first-order chi connectivity index (χ1) is 26.5. The van der Waals surface area contributed by atoms with Gasteiger partial charge in [-0.15, -0.1) is 0 Å². The quantitative estimate of drug-likeness (QED) is 0.310. The molecule has 1 aliphatic carbocycles. The summed E-state index contributed by atoms with van der Waals surface area (Å²) in [7, 11) is -4.50. The molecule has 0 radical (unpaired) electrons. The number of alkyl carbamates (subject to hydrolysis) is 1. The van der Waals surface area contributed by atoms with Crippen LogP contribution in [0.3, 0.4) is 0 Å². The Bertz CT molecular complexity index is 2000. The lowest BCUT2D eigenvalue weighted by Gasteiger charge is -2.30. The number of benzene rings is 2. The second-order valence-corrected chi connectivity index (χ2v) is 17.4. The fraction of sp³-hybridized carbons (Fsp3) is 0.487. The van der Waals surface area contributed by atoms with Crippen molar-refractivity contribution >= 4 is 45.9 Å². The van der Waals surface area contributed by atoms with Gasteiger partial charge in [-0.2, -0.15) is 0 Å². The molecule has 3 aliphatic heterocycles. The van der Waals surface area contributed by atoms with Gasteiger partial charge in [-0.1, -0.05) is 49.3 Å². The highest BCUT2D eigenvalue weighted by molar-refractivity contribution is 7.90. The number of carbonyl (C=O) groups is 6. The summed E-state index contributed by atoms with van der Waals surface area (Å²) in [4.78, 5) is 82.7. The van der Waals surface area contributed by atoms with Gasteiger partial charge in [0, 0.05) is 25.4 Å². The molecule has 3 heterocycles. The molecule has 2 aromatic rings. The van der Waals surface area contributed by atoms with Gasteiger partial charge in [0.25, 0.3) is 15.9 Å². The second kappa shape index (κ2) is 16.0. The topological polar surface area (TPSA) is 218 Å². The zero-order valence-corrected chi connectivity index (χ0v) is 32.3. The maximum Gasteiger partial charge on any atom is 0.410 e. The van der Waals surface area contributed by atoms with E-state index in [2.05, 4.69) is 10.6 Å². The number of carboxylic acid groups (broad SMARTS) is 1. The zero-order valence-electron chi connectivity index (χ0n) is 31.5. The van der Waals surface area contributed by atoms with Gasteiger partial charge in [-0.3, -0.25) is 19.3 Å². The summed E-state index contributed by atoms with van der Waals surface area (Å²) in [6.07, 6.45) is 3.99. The van der Waals surface area contributed by atoms with E-state index in [1.807, 2.05) is 35.1 Å². The molecule has 0 spiro atoms. The molecule has 56 heavy (non-hydrogen) atoms. The minimum atomic E-state index is -4.50. The van der Waals surface area contributed by atoms with Gasteiger partial charge in [-0.05, 0) is 81.8 Å². The van der Waals surface area contributed by atoms with Gasteiger partial charge in [-0.25, -0.2) is 27.5 Å². The van der Waals surface area contributed by atoms with Crippen LogP contribution in [0.1, 0.15) is 87.2 Å². The average molecular weight is 794 g/mol. The largest absolute Gasteiger partial charge is 0.478 e. The Kier molecular flexibility index (Phi) is 11.5. The predicted molar refractivity (Wildman–Crippen MR) is 199 cm³/mol. The molecule has 2 aromatic carbocycles. The zero-order chi connectivity index (χ0) is 40.4. The van der Waals surface area contributed by atoms with E-state index < -0.39 is 81.1 Å². The Morgan fingerprint density at radius 2 is 1.64 bits per heavy atom. The number of rotatable bonds is 6. The molecule has 17 heteroatoms. The van der Waals surface area contributed by atoms with Crippen molar-refractivity contribution in [3.05, 3.63) is 77.4 Å². The Morgan fingerprint density at radius 1 is 0.964 bits per heavy atom. The van der Waals surface area contributed by atoms with Crippen molar-refractivity contribution in [3.8, 4) is 0 Å². The van der Waals surface area contributed by atoms with E-state index in [1.54, 1.807) is 26.8 Å².